The molecule has 2 fully saturated rings. The predicted molar refractivity (Wildman–Crippen MR) is 89.4 cm³/mol. The zero-order chi connectivity index (χ0) is 16.3. The molecule has 0 atom stereocenters. The lowest BCUT2D eigenvalue weighted by atomic mass is 10.1. The van der Waals surface area contributed by atoms with E-state index in [2.05, 4.69) is 0 Å². The minimum Gasteiger partial charge on any atom is -0.340 e. The van der Waals surface area contributed by atoms with Crippen LogP contribution in [0.25, 0.3) is 0 Å². The highest BCUT2D eigenvalue weighted by atomic mass is 32.2. The molecular weight excluding hydrogens is 312 g/mol. The first-order valence-corrected chi connectivity index (χ1v) is 9.98. The van der Waals surface area contributed by atoms with Crippen molar-refractivity contribution in [2.75, 3.05) is 31.9 Å². The molecule has 0 spiro atoms. The van der Waals surface area contributed by atoms with Gasteiger partial charge in [-0.05, 0) is 31.2 Å². The van der Waals surface area contributed by atoms with Crippen molar-refractivity contribution in [3.8, 4) is 0 Å². The van der Waals surface area contributed by atoms with Gasteiger partial charge in [0.2, 0.25) is 15.9 Å². The summed E-state index contributed by atoms with van der Waals surface area (Å²) in [5, 5.41) is 0. The molecule has 0 radical (unpaired) electrons. The molecule has 6 heteroatoms. The fraction of sp³-hybridized carbons (Fsp3) is 0.588. The van der Waals surface area contributed by atoms with Gasteiger partial charge in [0.1, 0.15) is 0 Å². The number of carbonyl (C=O) groups excluding carboxylic acids is 1. The molecular formula is C17H24N2O3S. The largest absolute Gasteiger partial charge is 0.340 e. The number of aryl methyl sites for hydroxylation is 1. The van der Waals surface area contributed by atoms with E-state index in [4.69, 9.17) is 0 Å². The van der Waals surface area contributed by atoms with E-state index < -0.39 is 10.0 Å². The van der Waals surface area contributed by atoms with E-state index in [-0.39, 0.29) is 17.6 Å². The van der Waals surface area contributed by atoms with Crippen molar-refractivity contribution < 1.29 is 13.2 Å². The smallest absolute Gasteiger partial charge is 0.225 e. The number of hydrogen-bond acceptors (Lipinski definition) is 3. The Bertz CT molecular complexity index is 633. The van der Waals surface area contributed by atoms with E-state index in [9.17, 15) is 13.2 Å². The summed E-state index contributed by atoms with van der Waals surface area (Å²) in [6.07, 6.45) is 3.40. The number of nitrogens with zero attached hydrogens (tertiary/aromatic N) is 2. The Morgan fingerprint density at radius 1 is 1.04 bits per heavy atom. The van der Waals surface area contributed by atoms with E-state index in [1.807, 2.05) is 35.2 Å². The molecule has 1 aliphatic heterocycles. The molecule has 1 aliphatic carbocycles. The summed E-state index contributed by atoms with van der Waals surface area (Å²) < 4.78 is 26.4. The highest BCUT2D eigenvalue weighted by molar-refractivity contribution is 7.89. The average Bonchev–Trinajstić information content (AvgIpc) is 3.40. The highest BCUT2D eigenvalue weighted by Gasteiger charge is 2.36. The van der Waals surface area contributed by atoms with Crippen LogP contribution in [0.5, 0.6) is 0 Å². The van der Waals surface area contributed by atoms with Gasteiger partial charge in [0.05, 0.1) is 5.75 Å². The van der Waals surface area contributed by atoms with Gasteiger partial charge in [-0.15, -0.1) is 0 Å². The normalized spacial score (nSPS) is 19.7. The summed E-state index contributed by atoms with van der Waals surface area (Å²) in [6.45, 7) is 1.94. The highest BCUT2D eigenvalue weighted by Crippen LogP contribution is 2.31. The van der Waals surface area contributed by atoms with Crippen LogP contribution in [0.3, 0.4) is 0 Å². The summed E-state index contributed by atoms with van der Waals surface area (Å²) in [5.41, 5.74) is 1.17. The lowest BCUT2D eigenvalue weighted by Gasteiger charge is -2.34. The van der Waals surface area contributed by atoms with Gasteiger partial charge in [0.25, 0.3) is 0 Å². The van der Waals surface area contributed by atoms with Crippen LogP contribution in [-0.4, -0.2) is 55.5 Å². The summed E-state index contributed by atoms with van der Waals surface area (Å²) >= 11 is 0. The summed E-state index contributed by atoms with van der Waals surface area (Å²) in [7, 11) is -3.21. The van der Waals surface area contributed by atoms with Crippen LogP contribution < -0.4 is 0 Å². The van der Waals surface area contributed by atoms with Gasteiger partial charge in [-0.3, -0.25) is 4.79 Å². The molecule has 1 saturated heterocycles. The Balaban J connectivity index is 1.45. The lowest BCUT2D eigenvalue weighted by Crippen LogP contribution is -2.51. The van der Waals surface area contributed by atoms with Crippen LogP contribution in [0, 0.1) is 5.92 Å². The maximum Gasteiger partial charge on any atom is 0.225 e. The summed E-state index contributed by atoms with van der Waals surface area (Å²) in [6, 6.07) is 9.95. The third kappa shape index (κ3) is 4.32. The number of benzene rings is 1. The molecule has 0 unspecified atom stereocenters. The fourth-order valence-electron chi connectivity index (χ4n) is 3.01. The van der Waals surface area contributed by atoms with E-state index in [1.54, 1.807) is 4.31 Å². The van der Waals surface area contributed by atoms with Crippen LogP contribution in [-0.2, 0) is 21.2 Å². The zero-order valence-corrected chi connectivity index (χ0v) is 14.2. The SMILES string of the molecule is O=C(C1CC1)N1CCN(S(=O)(=O)CCCc2ccccc2)CC1. The Hall–Kier alpha value is -1.40. The number of hydrogen-bond donors (Lipinski definition) is 0. The molecule has 1 aromatic carbocycles. The van der Waals surface area contributed by atoms with E-state index in [1.165, 1.54) is 5.56 Å². The van der Waals surface area contributed by atoms with Gasteiger partial charge in [-0.2, -0.15) is 4.31 Å². The topological polar surface area (TPSA) is 57.7 Å². The van der Waals surface area contributed by atoms with E-state index in [0.29, 0.717) is 32.6 Å². The molecule has 1 amide bonds. The molecule has 1 saturated carbocycles. The molecule has 0 aromatic heterocycles. The van der Waals surface area contributed by atoms with E-state index >= 15 is 0 Å². The van der Waals surface area contributed by atoms with Gasteiger partial charge >= 0.3 is 0 Å². The Labute approximate surface area is 138 Å². The van der Waals surface area contributed by atoms with Gasteiger partial charge in [-0.25, -0.2) is 8.42 Å². The Kier molecular flexibility index (Phi) is 5.02. The van der Waals surface area contributed by atoms with Gasteiger partial charge < -0.3 is 4.90 Å². The van der Waals surface area contributed by atoms with Crippen LogP contribution in [0.15, 0.2) is 30.3 Å². The number of rotatable bonds is 6. The second-order valence-electron chi connectivity index (χ2n) is 6.40. The molecule has 1 aromatic rings. The molecule has 126 valence electrons. The van der Waals surface area contributed by atoms with Crippen molar-refractivity contribution >= 4 is 15.9 Å². The molecule has 5 nitrogen and oxygen atoms in total. The molecule has 3 rings (SSSR count). The second-order valence-corrected chi connectivity index (χ2v) is 8.49. The summed E-state index contributed by atoms with van der Waals surface area (Å²) in [4.78, 5) is 13.8. The predicted octanol–water partition coefficient (Wildman–Crippen LogP) is 1.50. The van der Waals surface area contributed by atoms with Crippen molar-refractivity contribution in [2.45, 2.75) is 25.7 Å². The first-order chi connectivity index (χ1) is 11.1. The van der Waals surface area contributed by atoms with E-state index in [0.717, 1.165) is 19.3 Å². The molecule has 1 heterocycles. The number of amides is 1. The minimum atomic E-state index is -3.21. The van der Waals surface area contributed by atoms with Crippen LogP contribution in [0.4, 0.5) is 0 Å². The van der Waals surface area contributed by atoms with Crippen LogP contribution in [0.1, 0.15) is 24.8 Å². The quantitative estimate of drug-likeness (QED) is 0.791. The molecule has 2 aliphatic rings. The molecule has 0 N–H and O–H groups in total. The van der Waals surface area contributed by atoms with Crippen molar-refractivity contribution in [1.82, 2.24) is 9.21 Å². The molecule has 0 bridgehead atoms. The maximum absolute atomic E-state index is 12.4. The Morgan fingerprint density at radius 3 is 2.30 bits per heavy atom. The monoisotopic (exact) mass is 336 g/mol. The average molecular weight is 336 g/mol. The fourth-order valence-corrected chi connectivity index (χ4v) is 4.49. The van der Waals surface area contributed by atoms with Crippen LogP contribution in [0.2, 0.25) is 0 Å². The first kappa shape index (κ1) is 16.5. The maximum atomic E-state index is 12.4. The van der Waals surface area contributed by atoms with Crippen molar-refractivity contribution in [1.29, 1.82) is 0 Å². The van der Waals surface area contributed by atoms with Gasteiger partial charge in [0, 0.05) is 32.1 Å². The van der Waals surface area contributed by atoms with Crippen LogP contribution >= 0.6 is 0 Å². The van der Waals surface area contributed by atoms with Crippen molar-refractivity contribution in [2.24, 2.45) is 5.92 Å². The lowest BCUT2D eigenvalue weighted by molar-refractivity contribution is -0.133. The van der Waals surface area contributed by atoms with Gasteiger partial charge in [-0.1, -0.05) is 30.3 Å². The third-order valence-electron chi connectivity index (χ3n) is 4.58. The number of sulfonamides is 1. The molecule has 23 heavy (non-hydrogen) atoms. The first-order valence-electron chi connectivity index (χ1n) is 8.37. The second kappa shape index (κ2) is 7.01. The van der Waals surface area contributed by atoms with Crippen molar-refractivity contribution in [3.05, 3.63) is 35.9 Å². The minimum absolute atomic E-state index is 0.179. The standard InChI is InChI=1S/C17H24N2O3S/c20-17(16-8-9-16)18-10-12-19(13-11-18)23(21,22)14-4-7-15-5-2-1-3-6-15/h1-3,5-6,16H,4,7-14H2. The zero-order valence-electron chi connectivity index (χ0n) is 13.4. The summed E-state index contributed by atoms with van der Waals surface area (Å²) in [5.74, 6) is 0.605. The number of carbonyl (C=O) groups is 1. The third-order valence-corrected chi connectivity index (χ3v) is 6.54. The Morgan fingerprint density at radius 2 is 1.70 bits per heavy atom. The van der Waals surface area contributed by atoms with Gasteiger partial charge in [0.15, 0.2) is 0 Å². The number of piperazine rings is 1. The van der Waals surface area contributed by atoms with Crippen molar-refractivity contribution in [3.63, 3.8) is 0 Å².